The number of thiazole rings is 1. The highest BCUT2D eigenvalue weighted by Gasteiger charge is 2.33. The molecular formula is C13H8BrN3O2S3. The van der Waals surface area contributed by atoms with Crippen LogP contribution in [0.15, 0.2) is 29.2 Å². The Morgan fingerprint density at radius 2 is 2.23 bits per heavy atom. The minimum Gasteiger partial charge on any atom is -0.272 e. The number of fused-ring (bicyclic) bond motifs is 1. The maximum absolute atomic E-state index is 12.3. The fourth-order valence-electron chi connectivity index (χ4n) is 1.78. The highest BCUT2D eigenvalue weighted by atomic mass is 79.9. The highest BCUT2D eigenvalue weighted by molar-refractivity contribution is 9.09. The topological polar surface area (TPSA) is 62.3 Å². The van der Waals surface area contributed by atoms with Crippen LogP contribution in [-0.4, -0.2) is 31.5 Å². The summed E-state index contributed by atoms with van der Waals surface area (Å²) in [6, 6.07) is 7.76. The second kappa shape index (κ2) is 6.45. The zero-order valence-electron chi connectivity index (χ0n) is 10.9. The van der Waals surface area contributed by atoms with Gasteiger partial charge in [0.1, 0.15) is 5.01 Å². The van der Waals surface area contributed by atoms with Gasteiger partial charge in [-0.3, -0.25) is 15.0 Å². The van der Waals surface area contributed by atoms with Crippen LogP contribution in [0.4, 0.5) is 0 Å². The normalized spacial score (nSPS) is 16.8. The molecule has 1 fully saturated rings. The van der Waals surface area contributed by atoms with E-state index in [1.54, 1.807) is 6.08 Å². The summed E-state index contributed by atoms with van der Waals surface area (Å²) in [5.74, 6) is -0.680. The van der Waals surface area contributed by atoms with E-state index in [1.807, 2.05) is 24.3 Å². The van der Waals surface area contributed by atoms with Crippen LogP contribution in [0.25, 0.3) is 16.3 Å². The molecular weight excluding hydrogens is 406 g/mol. The molecule has 1 aromatic heterocycles. The molecule has 0 bridgehead atoms. The molecule has 9 heteroatoms. The third-order valence-corrected chi connectivity index (χ3v) is 5.51. The Kier molecular flexibility index (Phi) is 4.57. The van der Waals surface area contributed by atoms with Crippen molar-refractivity contribution in [2.75, 3.05) is 5.33 Å². The predicted molar refractivity (Wildman–Crippen MR) is 96.6 cm³/mol. The zero-order chi connectivity index (χ0) is 15.7. The number of aromatic nitrogens is 1. The van der Waals surface area contributed by atoms with Crippen molar-refractivity contribution in [3.05, 3.63) is 34.2 Å². The fourth-order valence-corrected chi connectivity index (χ4v) is 4.05. The number of nitrogens with zero attached hydrogens (tertiary/aromatic N) is 2. The number of hydrogen-bond donors (Lipinski definition) is 1. The average molecular weight is 414 g/mol. The number of carbonyl (C=O) groups excluding carboxylic acids is 2. The zero-order valence-corrected chi connectivity index (χ0v) is 14.9. The second-order valence-electron chi connectivity index (χ2n) is 4.21. The van der Waals surface area contributed by atoms with Crippen LogP contribution in [0, 0.1) is 0 Å². The first-order chi connectivity index (χ1) is 10.6. The molecule has 2 aromatic rings. The van der Waals surface area contributed by atoms with Crippen LogP contribution in [0.1, 0.15) is 5.01 Å². The molecule has 22 heavy (non-hydrogen) atoms. The van der Waals surface area contributed by atoms with Gasteiger partial charge in [0.2, 0.25) is 5.91 Å². The quantitative estimate of drug-likeness (QED) is 0.476. The van der Waals surface area contributed by atoms with E-state index in [0.29, 0.717) is 9.23 Å². The fraction of sp³-hybridized carbons (Fsp3) is 0.0769. The van der Waals surface area contributed by atoms with Crippen molar-refractivity contribution in [1.29, 1.82) is 0 Å². The first-order valence-electron chi connectivity index (χ1n) is 6.07. The largest absolute Gasteiger partial charge is 0.285 e. The average Bonchev–Trinajstić information content (AvgIpc) is 3.03. The van der Waals surface area contributed by atoms with Gasteiger partial charge in [-0.15, -0.1) is 11.3 Å². The minimum absolute atomic E-state index is 0.0982. The molecule has 3 rings (SSSR count). The highest BCUT2D eigenvalue weighted by Crippen LogP contribution is 2.33. The van der Waals surface area contributed by atoms with Crippen molar-refractivity contribution in [1.82, 2.24) is 15.4 Å². The monoisotopic (exact) mass is 413 g/mol. The lowest BCUT2D eigenvalue weighted by atomic mass is 10.3. The first kappa shape index (κ1) is 15.6. The number of nitrogens with one attached hydrogen (secondary N) is 1. The molecule has 2 heterocycles. The first-order valence-corrected chi connectivity index (χ1v) is 9.24. The number of alkyl halides is 1. The summed E-state index contributed by atoms with van der Waals surface area (Å²) in [6.07, 6.45) is 1.70. The third-order valence-electron chi connectivity index (χ3n) is 2.72. The molecule has 0 saturated carbocycles. The van der Waals surface area contributed by atoms with E-state index in [1.165, 1.54) is 11.3 Å². The molecule has 0 radical (unpaired) electrons. The van der Waals surface area contributed by atoms with E-state index < -0.39 is 0 Å². The lowest BCUT2D eigenvalue weighted by Gasteiger charge is -2.14. The molecule has 0 unspecified atom stereocenters. The van der Waals surface area contributed by atoms with Crippen LogP contribution in [0.5, 0.6) is 0 Å². The van der Waals surface area contributed by atoms with E-state index in [4.69, 9.17) is 12.2 Å². The van der Waals surface area contributed by atoms with Gasteiger partial charge < -0.3 is 0 Å². The van der Waals surface area contributed by atoms with Gasteiger partial charge in [-0.1, -0.05) is 39.8 Å². The standard InChI is InChI=1S/C13H8BrN3O2S3/c14-6-10(18)16-17-12(19)9(22-13(17)20)5-11-15-7-3-1-2-4-8(7)21-11/h1-5H,6H2,(H,16,18)/b9-5-. The summed E-state index contributed by atoms with van der Waals surface area (Å²) in [5, 5.41) is 1.91. The molecule has 1 N–H and O–H groups in total. The van der Waals surface area contributed by atoms with E-state index in [2.05, 4.69) is 26.3 Å². The van der Waals surface area contributed by atoms with E-state index in [0.717, 1.165) is 32.0 Å². The van der Waals surface area contributed by atoms with E-state index >= 15 is 0 Å². The summed E-state index contributed by atoms with van der Waals surface area (Å²) in [7, 11) is 0. The van der Waals surface area contributed by atoms with Crippen molar-refractivity contribution in [3.8, 4) is 0 Å². The predicted octanol–water partition coefficient (Wildman–Crippen LogP) is 2.92. The Hall–Kier alpha value is -1.29. The van der Waals surface area contributed by atoms with Crippen molar-refractivity contribution >= 4 is 83.7 Å². The van der Waals surface area contributed by atoms with Gasteiger partial charge in [-0.05, 0) is 30.4 Å². The number of halogens is 1. The van der Waals surface area contributed by atoms with Gasteiger partial charge in [0.25, 0.3) is 5.91 Å². The number of carbonyl (C=O) groups is 2. The van der Waals surface area contributed by atoms with Gasteiger partial charge in [0.15, 0.2) is 4.32 Å². The molecule has 1 aromatic carbocycles. The molecule has 2 amide bonds. The Bertz CT molecular complexity index is 785. The number of hydrazine groups is 1. The van der Waals surface area contributed by atoms with E-state index in [-0.39, 0.29) is 17.1 Å². The van der Waals surface area contributed by atoms with Crippen molar-refractivity contribution in [3.63, 3.8) is 0 Å². The van der Waals surface area contributed by atoms with Crippen LogP contribution in [-0.2, 0) is 9.59 Å². The van der Waals surface area contributed by atoms with Crippen LogP contribution in [0.2, 0.25) is 0 Å². The Balaban J connectivity index is 1.87. The second-order valence-corrected chi connectivity index (χ2v) is 7.50. The number of thioether (sulfide) groups is 1. The summed E-state index contributed by atoms with van der Waals surface area (Å²) in [6.45, 7) is 0. The van der Waals surface area contributed by atoms with Crippen molar-refractivity contribution < 1.29 is 9.59 Å². The van der Waals surface area contributed by atoms with Gasteiger partial charge >= 0.3 is 0 Å². The lowest BCUT2D eigenvalue weighted by molar-refractivity contribution is -0.131. The van der Waals surface area contributed by atoms with Gasteiger partial charge in [0.05, 0.1) is 20.5 Å². The number of benzene rings is 1. The van der Waals surface area contributed by atoms with Crippen LogP contribution in [0.3, 0.4) is 0 Å². The maximum Gasteiger partial charge on any atom is 0.285 e. The van der Waals surface area contributed by atoms with Crippen LogP contribution < -0.4 is 5.43 Å². The molecule has 5 nitrogen and oxygen atoms in total. The molecule has 0 aliphatic carbocycles. The number of amides is 2. The molecule has 0 atom stereocenters. The Morgan fingerprint density at radius 1 is 1.45 bits per heavy atom. The van der Waals surface area contributed by atoms with Gasteiger partial charge in [0, 0.05) is 0 Å². The van der Waals surface area contributed by atoms with Crippen molar-refractivity contribution in [2.45, 2.75) is 0 Å². The number of hydrogen-bond acceptors (Lipinski definition) is 6. The van der Waals surface area contributed by atoms with Gasteiger partial charge in [-0.2, -0.15) is 5.01 Å². The SMILES string of the molecule is O=C(CBr)NN1C(=O)/C(=C/c2nc3ccccc3s2)SC1=S. The molecule has 0 spiro atoms. The molecule has 1 saturated heterocycles. The third kappa shape index (κ3) is 3.07. The molecule has 1 aliphatic heterocycles. The molecule has 112 valence electrons. The van der Waals surface area contributed by atoms with Crippen molar-refractivity contribution in [2.24, 2.45) is 0 Å². The van der Waals surface area contributed by atoms with Gasteiger partial charge in [-0.25, -0.2) is 4.98 Å². The Labute approximate surface area is 147 Å². The minimum atomic E-state index is -0.344. The number of rotatable bonds is 3. The lowest BCUT2D eigenvalue weighted by Crippen LogP contribution is -2.45. The maximum atomic E-state index is 12.3. The molecule has 1 aliphatic rings. The summed E-state index contributed by atoms with van der Waals surface area (Å²) in [4.78, 5) is 28.6. The summed E-state index contributed by atoms with van der Waals surface area (Å²) >= 11 is 10.8. The van der Waals surface area contributed by atoms with E-state index in [9.17, 15) is 9.59 Å². The van der Waals surface area contributed by atoms with Crippen LogP contribution >= 0.6 is 51.2 Å². The smallest absolute Gasteiger partial charge is 0.272 e. The summed E-state index contributed by atoms with van der Waals surface area (Å²) in [5.41, 5.74) is 3.34. The number of thiocarbonyl (C=S) groups is 1. The Morgan fingerprint density at radius 3 is 2.95 bits per heavy atom. The summed E-state index contributed by atoms with van der Waals surface area (Å²) < 4.78 is 1.35. The number of para-hydroxylation sites is 1.